The second-order valence-electron chi connectivity index (χ2n) is 3.46. The highest BCUT2D eigenvalue weighted by molar-refractivity contribution is 5.79. The van der Waals surface area contributed by atoms with Gasteiger partial charge in [-0.25, -0.2) is 0 Å². The molecule has 0 aromatic heterocycles. The molecule has 5 nitrogen and oxygen atoms in total. The fourth-order valence-corrected chi connectivity index (χ4v) is 1.36. The maximum absolute atomic E-state index is 10.4. The molecule has 0 bridgehead atoms. The van der Waals surface area contributed by atoms with Crippen LogP contribution < -0.4 is 0 Å². The number of hydrogen-bond donors (Lipinski definition) is 4. The molecule has 4 N–H and O–H groups in total. The number of aldehydes is 1. The standard InChI is InChI=1S/C11H14O5/c12-4-3-9(14)11(16)7-1-2-8(6-13)10(15)5-7/h1-2,5-6,9,11-12,14-16H,3-4H2. The summed E-state index contributed by atoms with van der Waals surface area (Å²) in [5.41, 5.74) is 0.414. The number of phenolic OH excluding ortho intramolecular Hbond substituents is 1. The van der Waals surface area contributed by atoms with Gasteiger partial charge in [0.2, 0.25) is 0 Å². The van der Waals surface area contributed by atoms with E-state index in [0.717, 1.165) is 0 Å². The zero-order valence-corrected chi connectivity index (χ0v) is 8.58. The zero-order valence-electron chi connectivity index (χ0n) is 8.58. The van der Waals surface area contributed by atoms with Crippen molar-refractivity contribution in [1.29, 1.82) is 0 Å². The van der Waals surface area contributed by atoms with Crippen LogP contribution >= 0.6 is 0 Å². The van der Waals surface area contributed by atoms with Crippen molar-refractivity contribution >= 4 is 6.29 Å². The molecule has 0 amide bonds. The first-order valence-electron chi connectivity index (χ1n) is 4.85. The average Bonchev–Trinajstić information content (AvgIpc) is 2.28. The Balaban J connectivity index is 2.88. The molecule has 1 rings (SSSR count). The molecule has 2 atom stereocenters. The van der Waals surface area contributed by atoms with E-state index in [2.05, 4.69) is 0 Å². The van der Waals surface area contributed by atoms with Crippen LogP contribution in [0.1, 0.15) is 28.4 Å². The molecule has 5 heteroatoms. The van der Waals surface area contributed by atoms with Crippen LogP contribution in [0.4, 0.5) is 0 Å². The van der Waals surface area contributed by atoms with Gasteiger partial charge in [-0.1, -0.05) is 6.07 Å². The highest BCUT2D eigenvalue weighted by Crippen LogP contribution is 2.24. The van der Waals surface area contributed by atoms with Crippen LogP contribution in [0.2, 0.25) is 0 Å². The first kappa shape index (κ1) is 12.6. The Hall–Kier alpha value is -1.43. The van der Waals surface area contributed by atoms with Gasteiger partial charge in [0.05, 0.1) is 11.7 Å². The lowest BCUT2D eigenvalue weighted by atomic mass is 10.0. The third kappa shape index (κ3) is 2.79. The maximum Gasteiger partial charge on any atom is 0.153 e. The van der Waals surface area contributed by atoms with E-state index in [1.54, 1.807) is 0 Å². The third-order valence-electron chi connectivity index (χ3n) is 2.31. The van der Waals surface area contributed by atoms with Gasteiger partial charge in [0, 0.05) is 6.61 Å². The first-order chi connectivity index (χ1) is 7.60. The molecule has 0 radical (unpaired) electrons. The Morgan fingerprint density at radius 3 is 2.50 bits per heavy atom. The van der Waals surface area contributed by atoms with E-state index in [1.807, 2.05) is 0 Å². The van der Waals surface area contributed by atoms with Crippen LogP contribution in [-0.2, 0) is 0 Å². The summed E-state index contributed by atoms with van der Waals surface area (Å²) in [5.74, 6) is -0.247. The van der Waals surface area contributed by atoms with Crippen molar-refractivity contribution in [3.05, 3.63) is 29.3 Å². The number of phenols is 1. The average molecular weight is 226 g/mol. The summed E-state index contributed by atoms with van der Waals surface area (Å²) in [6, 6.07) is 4.01. The largest absolute Gasteiger partial charge is 0.507 e. The van der Waals surface area contributed by atoms with Crippen molar-refractivity contribution < 1.29 is 25.2 Å². The SMILES string of the molecule is O=Cc1ccc(C(O)C(O)CCO)cc1O. The molecular weight excluding hydrogens is 212 g/mol. The molecule has 0 saturated carbocycles. The summed E-state index contributed by atoms with van der Waals surface area (Å²) in [4.78, 5) is 10.4. The van der Waals surface area contributed by atoms with Crippen molar-refractivity contribution in [2.45, 2.75) is 18.6 Å². The number of aliphatic hydroxyl groups excluding tert-OH is 3. The molecule has 0 aliphatic carbocycles. The minimum Gasteiger partial charge on any atom is -0.507 e. The van der Waals surface area contributed by atoms with E-state index >= 15 is 0 Å². The molecule has 2 unspecified atom stereocenters. The molecule has 1 aromatic carbocycles. The van der Waals surface area contributed by atoms with Crippen LogP contribution in [0.3, 0.4) is 0 Å². The van der Waals surface area contributed by atoms with Crippen LogP contribution in [-0.4, -0.2) is 39.4 Å². The van der Waals surface area contributed by atoms with E-state index in [9.17, 15) is 20.1 Å². The van der Waals surface area contributed by atoms with E-state index in [0.29, 0.717) is 11.8 Å². The number of aliphatic hydroxyl groups is 3. The molecular formula is C11H14O5. The monoisotopic (exact) mass is 226 g/mol. The third-order valence-corrected chi connectivity index (χ3v) is 2.31. The second-order valence-corrected chi connectivity index (χ2v) is 3.46. The van der Waals surface area contributed by atoms with Crippen LogP contribution in [0.25, 0.3) is 0 Å². The molecule has 88 valence electrons. The Bertz CT molecular complexity index is 363. The Kier molecular flexibility index (Phi) is 4.42. The van der Waals surface area contributed by atoms with Gasteiger partial charge in [-0.3, -0.25) is 4.79 Å². The Labute approximate surface area is 92.6 Å². The molecule has 0 aliphatic heterocycles. The van der Waals surface area contributed by atoms with Crippen LogP contribution in [0, 0.1) is 0 Å². The smallest absolute Gasteiger partial charge is 0.153 e. The minimum atomic E-state index is -1.20. The van der Waals surface area contributed by atoms with Crippen LogP contribution in [0.15, 0.2) is 18.2 Å². The van der Waals surface area contributed by atoms with Crippen molar-refractivity contribution in [2.75, 3.05) is 6.61 Å². The van der Waals surface area contributed by atoms with Gasteiger partial charge < -0.3 is 20.4 Å². The van der Waals surface area contributed by atoms with Gasteiger partial charge in [0.25, 0.3) is 0 Å². The Morgan fingerprint density at radius 2 is 2.00 bits per heavy atom. The molecule has 0 saturated heterocycles. The summed E-state index contributed by atoms with van der Waals surface area (Å²) in [5, 5.41) is 37.1. The predicted octanol–water partition coefficient (Wildman–Crippen LogP) is -0.0186. The first-order valence-corrected chi connectivity index (χ1v) is 4.85. The van der Waals surface area contributed by atoms with Crippen molar-refractivity contribution in [3.8, 4) is 5.75 Å². The van der Waals surface area contributed by atoms with Gasteiger partial charge in [-0.2, -0.15) is 0 Å². The lowest BCUT2D eigenvalue weighted by Gasteiger charge is -2.17. The number of carbonyl (C=O) groups excluding carboxylic acids is 1. The summed E-state index contributed by atoms with van der Waals surface area (Å²) < 4.78 is 0. The summed E-state index contributed by atoms with van der Waals surface area (Å²) >= 11 is 0. The van der Waals surface area contributed by atoms with Crippen molar-refractivity contribution in [1.82, 2.24) is 0 Å². The van der Waals surface area contributed by atoms with Gasteiger partial charge >= 0.3 is 0 Å². The predicted molar refractivity (Wildman–Crippen MR) is 56.2 cm³/mol. The van der Waals surface area contributed by atoms with Crippen molar-refractivity contribution in [3.63, 3.8) is 0 Å². The molecule has 0 heterocycles. The second kappa shape index (κ2) is 5.60. The number of rotatable bonds is 5. The topological polar surface area (TPSA) is 98.0 Å². The molecule has 16 heavy (non-hydrogen) atoms. The Morgan fingerprint density at radius 1 is 1.31 bits per heavy atom. The quantitative estimate of drug-likeness (QED) is 0.529. The fourth-order valence-electron chi connectivity index (χ4n) is 1.36. The normalized spacial score (nSPS) is 14.4. The van der Waals surface area contributed by atoms with Gasteiger partial charge in [-0.05, 0) is 24.1 Å². The maximum atomic E-state index is 10.4. The minimum absolute atomic E-state index is 0.0390. The fraction of sp³-hybridized carbons (Fsp3) is 0.364. The van der Waals surface area contributed by atoms with Crippen LogP contribution in [0.5, 0.6) is 5.75 Å². The lowest BCUT2D eigenvalue weighted by molar-refractivity contribution is 0.00413. The number of hydrogen-bond acceptors (Lipinski definition) is 5. The van der Waals surface area contributed by atoms with Gasteiger partial charge in [-0.15, -0.1) is 0 Å². The highest BCUT2D eigenvalue weighted by atomic mass is 16.3. The zero-order chi connectivity index (χ0) is 12.1. The highest BCUT2D eigenvalue weighted by Gasteiger charge is 2.18. The lowest BCUT2D eigenvalue weighted by Crippen LogP contribution is -2.19. The van der Waals surface area contributed by atoms with Gasteiger partial charge in [0.15, 0.2) is 6.29 Å². The molecule has 0 aliphatic rings. The number of aromatic hydroxyl groups is 1. The summed E-state index contributed by atoms with van der Waals surface area (Å²) in [7, 11) is 0. The van der Waals surface area contributed by atoms with E-state index in [4.69, 9.17) is 5.11 Å². The van der Waals surface area contributed by atoms with Crippen molar-refractivity contribution in [2.24, 2.45) is 0 Å². The number of benzene rings is 1. The van der Waals surface area contributed by atoms with Gasteiger partial charge in [0.1, 0.15) is 11.9 Å². The van der Waals surface area contributed by atoms with E-state index < -0.39 is 12.2 Å². The van der Waals surface area contributed by atoms with E-state index in [-0.39, 0.29) is 24.3 Å². The molecule has 1 aromatic rings. The summed E-state index contributed by atoms with van der Waals surface area (Å²) in [6.07, 6.45) is -1.77. The summed E-state index contributed by atoms with van der Waals surface area (Å²) in [6.45, 7) is -0.239. The van der Waals surface area contributed by atoms with E-state index in [1.165, 1.54) is 18.2 Å². The molecule has 0 fully saturated rings. The molecule has 0 spiro atoms. The number of carbonyl (C=O) groups is 1.